The van der Waals surface area contributed by atoms with Crippen LogP contribution in [0.1, 0.15) is 31.2 Å². The number of benzene rings is 1. The molecule has 3 N–H and O–H groups in total. The summed E-state index contributed by atoms with van der Waals surface area (Å²) in [6.45, 7) is 0.0925. The second-order valence-electron chi connectivity index (χ2n) is 5.62. The number of nitriles is 1. The van der Waals surface area contributed by atoms with Crippen molar-refractivity contribution >= 4 is 12.1 Å². The Morgan fingerprint density at radius 1 is 1.39 bits per heavy atom. The molecule has 1 aromatic rings. The van der Waals surface area contributed by atoms with Gasteiger partial charge in [0.15, 0.2) is 0 Å². The zero-order chi connectivity index (χ0) is 16.7. The van der Waals surface area contributed by atoms with Crippen molar-refractivity contribution < 1.29 is 19.4 Å². The largest absolute Gasteiger partial charge is 0.480 e. The minimum Gasteiger partial charge on any atom is -0.480 e. The lowest BCUT2D eigenvalue weighted by Crippen LogP contribution is -2.60. The number of carbonyl (C=O) groups is 2. The minimum atomic E-state index is -1.33. The third kappa shape index (κ3) is 4.44. The van der Waals surface area contributed by atoms with Gasteiger partial charge in [0.2, 0.25) is 0 Å². The Morgan fingerprint density at radius 2 is 2.13 bits per heavy atom. The molecule has 7 heteroatoms. The molecule has 0 aliphatic heterocycles. The maximum atomic E-state index is 11.7. The Kier molecular flexibility index (Phi) is 5.55. The van der Waals surface area contributed by atoms with E-state index in [0.717, 1.165) is 5.56 Å². The van der Waals surface area contributed by atoms with Crippen LogP contribution >= 0.6 is 0 Å². The summed E-state index contributed by atoms with van der Waals surface area (Å²) in [5.74, 6) is -1.42. The SMILES string of the molecule is N#CC1CCCC(NNC(=O)OCc2ccccc2)(C(=O)O)C1. The predicted octanol–water partition coefficient (Wildman–Crippen LogP) is 1.95. The number of hydrogen-bond acceptors (Lipinski definition) is 5. The van der Waals surface area contributed by atoms with Gasteiger partial charge in [-0.2, -0.15) is 5.26 Å². The minimum absolute atomic E-state index is 0.0925. The molecule has 0 heterocycles. The molecule has 1 aromatic carbocycles. The highest BCUT2D eigenvalue weighted by Crippen LogP contribution is 2.32. The van der Waals surface area contributed by atoms with E-state index in [1.165, 1.54) is 0 Å². The molecule has 1 fully saturated rings. The normalized spacial score (nSPS) is 23.5. The van der Waals surface area contributed by atoms with Crippen LogP contribution in [0.5, 0.6) is 0 Å². The number of nitrogens with one attached hydrogen (secondary N) is 2. The Balaban J connectivity index is 1.87. The first kappa shape index (κ1) is 16.8. The summed E-state index contributed by atoms with van der Waals surface area (Å²) in [6.07, 6.45) is 1.02. The molecule has 2 rings (SSSR count). The first-order valence-corrected chi connectivity index (χ1v) is 7.42. The van der Waals surface area contributed by atoms with Crippen LogP contribution in [0.4, 0.5) is 4.79 Å². The molecule has 1 saturated carbocycles. The summed E-state index contributed by atoms with van der Waals surface area (Å²) in [7, 11) is 0. The van der Waals surface area contributed by atoms with Crippen LogP contribution < -0.4 is 10.9 Å². The molecule has 1 aliphatic carbocycles. The summed E-state index contributed by atoms with van der Waals surface area (Å²) in [6, 6.07) is 11.3. The number of ether oxygens (including phenoxy) is 1. The second kappa shape index (κ2) is 7.61. The molecular weight excluding hydrogens is 298 g/mol. The number of carboxylic acids is 1. The van der Waals surface area contributed by atoms with E-state index in [9.17, 15) is 14.7 Å². The Bertz CT molecular complexity index is 599. The lowest BCUT2D eigenvalue weighted by atomic mass is 9.76. The average Bonchev–Trinajstić information content (AvgIpc) is 2.59. The van der Waals surface area contributed by atoms with Gasteiger partial charge in [0.05, 0.1) is 6.07 Å². The quantitative estimate of drug-likeness (QED) is 0.716. The topological polar surface area (TPSA) is 111 Å². The lowest BCUT2D eigenvalue weighted by Gasteiger charge is -2.35. The van der Waals surface area contributed by atoms with Crippen LogP contribution in [0.3, 0.4) is 0 Å². The fraction of sp³-hybridized carbons (Fsp3) is 0.438. The fourth-order valence-corrected chi connectivity index (χ4v) is 2.68. The van der Waals surface area contributed by atoms with E-state index < -0.39 is 17.6 Å². The summed E-state index contributed by atoms with van der Waals surface area (Å²) in [5, 5.41) is 18.5. The number of aliphatic carboxylic acids is 1. The summed E-state index contributed by atoms with van der Waals surface area (Å²) >= 11 is 0. The Morgan fingerprint density at radius 3 is 2.78 bits per heavy atom. The van der Waals surface area contributed by atoms with Gasteiger partial charge in [-0.1, -0.05) is 30.3 Å². The summed E-state index contributed by atoms with van der Waals surface area (Å²) < 4.78 is 5.03. The van der Waals surface area contributed by atoms with E-state index in [1.54, 1.807) is 0 Å². The van der Waals surface area contributed by atoms with Crippen molar-refractivity contribution in [1.82, 2.24) is 10.9 Å². The van der Waals surface area contributed by atoms with Crippen LogP contribution in [-0.2, 0) is 16.1 Å². The summed E-state index contributed by atoms with van der Waals surface area (Å²) in [4.78, 5) is 23.3. The van der Waals surface area contributed by atoms with Crippen molar-refractivity contribution in [2.45, 2.75) is 37.8 Å². The van der Waals surface area contributed by atoms with Crippen LogP contribution in [0, 0.1) is 17.2 Å². The molecule has 0 radical (unpaired) electrons. The molecular formula is C16H19N3O4. The van der Waals surface area contributed by atoms with Gasteiger partial charge in [-0.3, -0.25) is 10.2 Å². The summed E-state index contributed by atoms with van der Waals surface area (Å²) in [5.41, 5.74) is 4.35. The molecule has 1 amide bonds. The van der Waals surface area contributed by atoms with Gasteiger partial charge >= 0.3 is 12.1 Å². The third-order valence-electron chi connectivity index (χ3n) is 3.96. The zero-order valence-electron chi connectivity index (χ0n) is 12.6. The van der Waals surface area contributed by atoms with Crippen LogP contribution in [0.2, 0.25) is 0 Å². The molecule has 1 aliphatic rings. The van der Waals surface area contributed by atoms with Crippen LogP contribution in [0.25, 0.3) is 0 Å². The van der Waals surface area contributed by atoms with E-state index in [-0.39, 0.29) is 18.9 Å². The zero-order valence-corrected chi connectivity index (χ0v) is 12.6. The van der Waals surface area contributed by atoms with Crippen molar-refractivity contribution in [1.29, 1.82) is 5.26 Å². The van der Waals surface area contributed by atoms with Crippen LogP contribution in [0.15, 0.2) is 30.3 Å². The number of carboxylic acid groups (broad SMARTS) is 1. The highest BCUT2D eigenvalue weighted by Gasteiger charge is 2.43. The smallest absolute Gasteiger partial charge is 0.421 e. The van der Waals surface area contributed by atoms with Crippen LogP contribution in [-0.4, -0.2) is 22.7 Å². The molecule has 7 nitrogen and oxygen atoms in total. The second-order valence-corrected chi connectivity index (χ2v) is 5.62. The van der Waals surface area contributed by atoms with Gasteiger partial charge in [-0.25, -0.2) is 10.2 Å². The average molecular weight is 317 g/mol. The standard InChI is InChI=1S/C16H19N3O4/c17-10-13-7-4-8-16(9-13,14(20)21)19-18-15(22)23-11-12-5-2-1-3-6-12/h1-3,5-6,13,19H,4,7-9,11H2,(H,18,22)(H,20,21). The van der Waals surface area contributed by atoms with Gasteiger partial charge in [0.1, 0.15) is 12.1 Å². The predicted molar refractivity (Wildman–Crippen MR) is 80.8 cm³/mol. The fourth-order valence-electron chi connectivity index (χ4n) is 2.68. The van der Waals surface area contributed by atoms with E-state index in [4.69, 9.17) is 10.00 Å². The lowest BCUT2D eigenvalue weighted by molar-refractivity contribution is -0.147. The van der Waals surface area contributed by atoms with Gasteiger partial charge in [-0.05, 0) is 31.2 Å². The Labute approximate surface area is 134 Å². The molecule has 0 saturated heterocycles. The maximum Gasteiger partial charge on any atom is 0.421 e. The molecule has 2 atom stereocenters. The number of amides is 1. The highest BCUT2D eigenvalue weighted by atomic mass is 16.6. The third-order valence-corrected chi connectivity index (χ3v) is 3.96. The highest BCUT2D eigenvalue weighted by molar-refractivity contribution is 5.79. The molecule has 122 valence electrons. The van der Waals surface area contributed by atoms with Crippen molar-refractivity contribution in [2.24, 2.45) is 5.92 Å². The van der Waals surface area contributed by atoms with E-state index in [1.807, 2.05) is 30.3 Å². The number of nitrogens with zero attached hydrogens (tertiary/aromatic N) is 1. The van der Waals surface area contributed by atoms with E-state index >= 15 is 0 Å². The van der Waals surface area contributed by atoms with E-state index in [2.05, 4.69) is 16.9 Å². The molecule has 2 unspecified atom stereocenters. The van der Waals surface area contributed by atoms with Gasteiger partial charge in [0.25, 0.3) is 0 Å². The maximum absolute atomic E-state index is 11.7. The molecule has 23 heavy (non-hydrogen) atoms. The molecule has 0 aromatic heterocycles. The van der Waals surface area contributed by atoms with Crippen molar-refractivity contribution in [3.63, 3.8) is 0 Å². The number of hydrazine groups is 1. The van der Waals surface area contributed by atoms with Gasteiger partial charge < -0.3 is 9.84 Å². The molecule has 0 spiro atoms. The number of carbonyl (C=O) groups excluding carboxylic acids is 1. The molecule has 0 bridgehead atoms. The number of rotatable bonds is 5. The van der Waals surface area contributed by atoms with Crippen molar-refractivity contribution in [3.8, 4) is 6.07 Å². The first-order chi connectivity index (χ1) is 11.1. The number of hydrogen-bond donors (Lipinski definition) is 3. The van der Waals surface area contributed by atoms with Crippen molar-refractivity contribution in [2.75, 3.05) is 0 Å². The van der Waals surface area contributed by atoms with E-state index in [0.29, 0.717) is 19.3 Å². The van der Waals surface area contributed by atoms with Gasteiger partial charge in [0, 0.05) is 5.92 Å². The van der Waals surface area contributed by atoms with Crippen molar-refractivity contribution in [3.05, 3.63) is 35.9 Å². The monoisotopic (exact) mass is 317 g/mol. The van der Waals surface area contributed by atoms with Gasteiger partial charge in [-0.15, -0.1) is 0 Å². The first-order valence-electron chi connectivity index (χ1n) is 7.42. The Hall–Kier alpha value is -2.59.